The number of nitrogens with zero attached hydrogens (tertiary/aromatic N) is 3. The van der Waals surface area contributed by atoms with Gasteiger partial charge in [-0.05, 0) is 58.2 Å². The second kappa shape index (κ2) is 9.31. The molecule has 0 aromatic carbocycles. The van der Waals surface area contributed by atoms with Crippen molar-refractivity contribution in [3.8, 4) is 0 Å². The molecule has 0 radical (unpaired) electrons. The highest BCUT2D eigenvalue weighted by atomic mass is 16.3. The van der Waals surface area contributed by atoms with Crippen molar-refractivity contribution in [1.29, 1.82) is 0 Å². The number of aliphatic hydroxyl groups is 1. The van der Waals surface area contributed by atoms with Crippen LogP contribution in [-0.2, 0) is 12.1 Å². The number of aliphatic imine (C=N–C) groups is 1. The molecule has 0 saturated carbocycles. The molecule has 29 heavy (non-hydrogen) atoms. The van der Waals surface area contributed by atoms with Gasteiger partial charge in [-0.25, -0.2) is 9.98 Å². The third kappa shape index (κ3) is 5.50. The van der Waals surface area contributed by atoms with Crippen LogP contribution in [-0.4, -0.2) is 42.2 Å². The average Bonchev–Trinajstić information content (AvgIpc) is 3.34. The van der Waals surface area contributed by atoms with Gasteiger partial charge in [0.05, 0.1) is 13.1 Å². The highest BCUT2D eigenvalue weighted by molar-refractivity contribution is 5.79. The third-order valence-corrected chi connectivity index (χ3v) is 5.22. The fourth-order valence-corrected chi connectivity index (χ4v) is 3.67. The minimum Gasteiger partial charge on any atom is -0.466 e. The summed E-state index contributed by atoms with van der Waals surface area (Å²) >= 11 is 0. The van der Waals surface area contributed by atoms with Crippen molar-refractivity contribution in [2.45, 2.75) is 52.7 Å². The number of anilines is 1. The molecule has 1 aliphatic heterocycles. The number of hydrogen-bond donors (Lipinski definition) is 3. The minimum atomic E-state index is -1.06. The van der Waals surface area contributed by atoms with Crippen LogP contribution in [0.4, 0.5) is 5.82 Å². The lowest BCUT2D eigenvalue weighted by molar-refractivity contribution is 0.0601. The van der Waals surface area contributed by atoms with Gasteiger partial charge in [0.15, 0.2) is 5.96 Å². The molecule has 2 aromatic rings. The number of pyridine rings is 1. The molecule has 1 saturated heterocycles. The van der Waals surface area contributed by atoms with Gasteiger partial charge in [0.1, 0.15) is 22.9 Å². The zero-order chi connectivity index (χ0) is 20.9. The first-order chi connectivity index (χ1) is 13.9. The molecular weight excluding hydrogens is 366 g/mol. The molecular formula is C22H33N5O2. The monoisotopic (exact) mass is 399 g/mol. The lowest BCUT2D eigenvalue weighted by atomic mass is 9.96. The van der Waals surface area contributed by atoms with E-state index in [9.17, 15) is 5.11 Å². The SMILES string of the molecule is CCNC(=NCc1ccc(N2CCCC2)nc1)NCC(C)(O)c1cc(C)oc1C. The number of aromatic nitrogens is 1. The van der Waals surface area contributed by atoms with Gasteiger partial charge < -0.3 is 25.1 Å². The maximum atomic E-state index is 10.9. The van der Waals surface area contributed by atoms with E-state index in [1.807, 2.05) is 33.0 Å². The Bertz CT molecular complexity index is 820. The van der Waals surface area contributed by atoms with Crippen molar-refractivity contribution in [3.05, 3.63) is 47.0 Å². The Labute approximate surface area is 173 Å². The molecule has 7 heteroatoms. The fourth-order valence-electron chi connectivity index (χ4n) is 3.67. The summed E-state index contributed by atoms with van der Waals surface area (Å²) in [6.07, 6.45) is 4.38. The van der Waals surface area contributed by atoms with Gasteiger partial charge in [0, 0.05) is 31.4 Å². The number of guanidine groups is 1. The second-order valence-electron chi connectivity index (χ2n) is 7.87. The fraction of sp³-hybridized carbons (Fsp3) is 0.545. The van der Waals surface area contributed by atoms with Crippen molar-refractivity contribution in [3.63, 3.8) is 0 Å². The van der Waals surface area contributed by atoms with Crippen LogP contribution in [0.15, 0.2) is 33.8 Å². The van der Waals surface area contributed by atoms with Crippen molar-refractivity contribution in [1.82, 2.24) is 15.6 Å². The largest absolute Gasteiger partial charge is 0.466 e. The Morgan fingerprint density at radius 2 is 2.03 bits per heavy atom. The maximum absolute atomic E-state index is 10.9. The molecule has 3 heterocycles. The summed E-state index contributed by atoms with van der Waals surface area (Å²) in [6, 6.07) is 6.04. The van der Waals surface area contributed by atoms with Gasteiger partial charge in [-0.1, -0.05) is 6.07 Å². The topological polar surface area (TPSA) is 85.9 Å². The lowest BCUT2D eigenvalue weighted by Crippen LogP contribution is -2.44. The Hall–Kier alpha value is -2.54. The number of furan rings is 1. The van der Waals surface area contributed by atoms with Crippen molar-refractivity contribution >= 4 is 11.8 Å². The third-order valence-electron chi connectivity index (χ3n) is 5.22. The van der Waals surface area contributed by atoms with Crippen molar-refractivity contribution in [2.24, 2.45) is 4.99 Å². The molecule has 3 N–H and O–H groups in total. The molecule has 1 aliphatic rings. The predicted molar refractivity (Wildman–Crippen MR) is 116 cm³/mol. The van der Waals surface area contributed by atoms with Crippen LogP contribution in [0.2, 0.25) is 0 Å². The molecule has 7 nitrogen and oxygen atoms in total. The lowest BCUT2D eigenvalue weighted by Gasteiger charge is -2.24. The summed E-state index contributed by atoms with van der Waals surface area (Å²) in [7, 11) is 0. The van der Waals surface area contributed by atoms with E-state index in [4.69, 9.17) is 4.42 Å². The zero-order valence-corrected chi connectivity index (χ0v) is 18.0. The molecule has 0 bridgehead atoms. The summed E-state index contributed by atoms with van der Waals surface area (Å²) in [6.45, 7) is 11.3. The van der Waals surface area contributed by atoms with E-state index < -0.39 is 5.60 Å². The Morgan fingerprint density at radius 3 is 2.62 bits per heavy atom. The summed E-state index contributed by atoms with van der Waals surface area (Å²) in [5.41, 5.74) is 0.787. The molecule has 1 fully saturated rings. The molecule has 1 atom stereocenters. The van der Waals surface area contributed by atoms with Crippen LogP contribution in [0.25, 0.3) is 0 Å². The maximum Gasteiger partial charge on any atom is 0.191 e. The molecule has 2 aromatic heterocycles. The molecule has 158 valence electrons. The van der Waals surface area contributed by atoms with E-state index in [2.05, 4.69) is 37.6 Å². The van der Waals surface area contributed by atoms with Gasteiger partial charge in [-0.15, -0.1) is 0 Å². The van der Waals surface area contributed by atoms with Crippen LogP contribution in [0.5, 0.6) is 0 Å². The molecule has 3 rings (SSSR count). The van der Waals surface area contributed by atoms with Crippen LogP contribution >= 0.6 is 0 Å². The van der Waals surface area contributed by atoms with E-state index in [1.54, 1.807) is 6.92 Å². The number of rotatable bonds is 7. The standard InChI is InChI=1S/C22H33N5O2/c1-5-23-21(26-15-22(4,28)19-12-16(2)29-17(19)3)25-14-18-8-9-20(24-13-18)27-10-6-7-11-27/h8-9,12-13,28H,5-7,10-11,14-15H2,1-4H3,(H2,23,25,26). The van der Waals surface area contributed by atoms with Gasteiger partial charge in [-0.3, -0.25) is 0 Å². The average molecular weight is 400 g/mol. The number of hydrogen-bond acceptors (Lipinski definition) is 5. The number of aryl methyl sites for hydroxylation is 2. The normalized spacial score (nSPS) is 16.7. The summed E-state index contributed by atoms with van der Waals surface area (Å²) in [4.78, 5) is 11.5. The summed E-state index contributed by atoms with van der Waals surface area (Å²) < 4.78 is 5.56. The van der Waals surface area contributed by atoms with Gasteiger partial charge in [-0.2, -0.15) is 0 Å². The minimum absolute atomic E-state index is 0.324. The molecule has 0 spiro atoms. The molecule has 0 amide bonds. The Kier molecular flexibility index (Phi) is 6.79. The van der Waals surface area contributed by atoms with Crippen LogP contribution < -0.4 is 15.5 Å². The van der Waals surface area contributed by atoms with E-state index in [1.165, 1.54) is 12.8 Å². The summed E-state index contributed by atoms with van der Waals surface area (Å²) in [5, 5.41) is 17.4. The first-order valence-electron chi connectivity index (χ1n) is 10.4. The van der Waals surface area contributed by atoms with E-state index >= 15 is 0 Å². The highest BCUT2D eigenvalue weighted by Gasteiger charge is 2.27. The van der Waals surface area contributed by atoms with E-state index in [0.29, 0.717) is 19.0 Å². The Morgan fingerprint density at radius 1 is 1.28 bits per heavy atom. The molecule has 1 unspecified atom stereocenters. The van der Waals surface area contributed by atoms with Crippen LogP contribution in [0, 0.1) is 13.8 Å². The van der Waals surface area contributed by atoms with Crippen LogP contribution in [0.3, 0.4) is 0 Å². The Balaban J connectivity index is 1.61. The van der Waals surface area contributed by atoms with Gasteiger partial charge in [0.25, 0.3) is 0 Å². The molecule has 0 aliphatic carbocycles. The van der Waals surface area contributed by atoms with Crippen molar-refractivity contribution < 1.29 is 9.52 Å². The smallest absolute Gasteiger partial charge is 0.191 e. The van der Waals surface area contributed by atoms with Crippen molar-refractivity contribution in [2.75, 3.05) is 31.1 Å². The van der Waals surface area contributed by atoms with E-state index in [-0.39, 0.29) is 0 Å². The van der Waals surface area contributed by atoms with Crippen LogP contribution in [0.1, 0.15) is 49.3 Å². The quantitative estimate of drug-likeness (QED) is 0.490. The first-order valence-corrected chi connectivity index (χ1v) is 10.4. The first kappa shape index (κ1) is 21.2. The number of nitrogens with one attached hydrogen (secondary N) is 2. The summed E-state index contributed by atoms with van der Waals surface area (Å²) in [5.74, 6) is 3.24. The highest BCUT2D eigenvalue weighted by Crippen LogP contribution is 2.26. The zero-order valence-electron chi connectivity index (χ0n) is 18.0. The van der Waals surface area contributed by atoms with Gasteiger partial charge in [0.2, 0.25) is 0 Å². The van der Waals surface area contributed by atoms with E-state index in [0.717, 1.165) is 48.1 Å². The predicted octanol–water partition coefficient (Wildman–Crippen LogP) is 2.85. The van der Waals surface area contributed by atoms with Gasteiger partial charge >= 0.3 is 0 Å². The second-order valence-corrected chi connectivity index (χ2v) is 7.87.